The molecule has 0 radical (unpaired) electrons. The fraction of sp³-hybridized carbons (Fsp3) is 0.100. The van der Waals surface area contributed by atoms with E-state index in [-0.39, 0.29) is 23.0 Å². The monoisotopic (exact) mass is 426 g/mol. The lowest BCUT2D eigenvalue weighted by Crippen LogP contribution is -2.28. The van der Waals surface area contributed by atoms with Crippen molar-refractivity contribution in [2.45, 2.75) is 6.54 Å². The van der Waals surface area contributed by atoms with Crippen LogP contribution in [0, 0.1) is 11.6 Å². The lowest BCUT2D eigenvalue weighted by Gasteiger charge is -2.07. The molecule has 0 aliphatic rings. The van der Waals surface area contributed by atoms with E-state index < -0.39 is 24.0 Å². The van der Waals surface area contributed by atoms with Gasteiger partial charge in [-0.3, -0.25) is 4.79 Å². The molecule has 31 heavy (non-hydrogen) atoms. The van der Waals surface area contributed by atoms with Crippen molar-refractivity contribution >= 4 is 28.9 Å². The standard InChI is InChI=1S/C20H16F2N6O3/c1-31-16-7-6-14(10-15(16)22)24-18(29)11-28-20(30)27-9-8-17(25-19(27)26-28)23-13-4-2-12(21)3-5-13/h2-10H,11H2,1H3,(H,24,29)(H,23,25,26). The maximum atomic E-state index is 13.8. The van der Waals surface area contributed by atoms with E-state index in [1.807, 2.05) is 0 Å². The van der Waals surface area contributed by atoms with Gasteiger partial charge in [0.25, 0.3) is 5.78 Å². The molecule has 0 saturated carbocycles. The van der Waals surface area contributed by atoms with Gasteiger partial charge in [-0.1, -0.05) is 0 Å². The number of aromatic nitrogens is 4. The fourth-order valence-electron chi connectivity index (χ4n) is 2.84. The van der Waals surface area contributed by atoms with Crippen LogP contribution in [0.4, 0.5) is 26.0 Å². The average molecular weight is 426 g/mol. The predicted molar refractivity (Wildman–Crippen MR) is 109 cm³/mol. The summed E-state index contributed by atoms with van der Waals surface area (Å²) >= 11 is 0. The number of amides is 1. The maximum absolute atomic E-state index is 13.8. The van der Waals surface area contributed by atoms with Crippen molar-refractivity contribution in [1.82, 2.24) is 19.2 Å². The number of fused-ring (bicyclic) bond motifs is 1. The molecule has 0 bridgehead atoms. The molecule has 1 amide bonds. The van der Waals surface area contributed by atoms with Crippen LogP contribution in [0.2, 0.25) is 0 Å². The number of benzene rings is 2. The van der Waals surface area contributed by atoms with E-state index in [1.165, 1.54) is 42.0 Å². The van der Waals surface area contributed by atoms with Gasteiger partial charge in [-0.2, -0.15) is 4.98 Å². The summed E-state index contributed by atoms with van der Waals surface area (Å²) in [4.78, 5) is 29.0. The number of hydrogen-bond acceptors (Lipinski definition) is 6. The van der Waals surface area contributed by atoms with Crippen molar-refractivity contribution < 1.29 is 18.3 Å². The molecule has 0 atom stereocenters. The summed E-state index contributed by atoms with van der Waals surface area (Å²) in [6.07, 6.45) is 1.46. The van der Waals surface area contributed by atoms with Crippen molar-refractivity contribution in [3.63, 3.8) is 0 Å². The van der Waals surface area contributed by atoms with E-state index in [1.54, 1.807) is 18.2 Å². The van der Waals surface area contributed by atoms with Crippen LogP contribution in [0.25, 0.3) is 5.78 Å². The van der Waals surface area contributed by atoms with Gasteiger partial charge in [0.05, 0.1) is 7.11 Å². The highest BCUT2D eigenvalue weighted by Crippen LogP contribution is 2.20. The number of halogens is 2. The molecule has 0 saturated heterocycles. The average Bonchev–Trinajstić information content (AvgIpc) is 3.04. The Labute approximate surface area is 173 Å². The Bertz CT molecular complexity index is 1320. The van der Waals surface area contributed by atoms with Crippen LogP contribution in [0.1, 0.15) is 0 Å². The van der Waals surface area contributed by atoms with E-state index in [0.29, 0.717) is 11.5 Å². The molecule has 0 aliphatic carbocycles. The Balaban J connectivity index is 1.50. The van der Waals surface area contributed by atoms with Gasteiger partial charge in [-0.05, 0) is 42.5 Å². The van der Waals surface area contributed by atoms with Gasteiger partial charge >= 0.3 is 5.69 Å². The number of rotatable bonds is 6. The largest absolute Gasteiger partial charge is 0.494 e. The van der Waals surface area contributed by atoms with Crippen LogP contribution in [0.3, 0.4) is 0 Å². The normalized spacial score (nSPS) is 10.8. The minimum absolute atomic E-state index is 0.0469. The summed E-state index contributed by atoms with van der Waals surface area (Å²) in [7, 11) is 1.33. The summed E-state index contributed by atoms with van der Waals surface area (Å²) in [5, 5.41) is 9.52. The highest BCUT2D eigenvalue weighted by Gasteiger charge is 2.13. The minimum atomic E-state index is -0.629. The van der Waals surface area contributed by atoms with E-state index in [0.717, 1.165) is 10.7 Å². The Morgan fingerprint density at radius 2 is 1.84 bits per heavy atom. The Morgan fingerprint density at radius 1 is 1.10 bits per heavy atom. The molecule has 0 unspecified atom stereocenters. The summed E-state index contributed by atoms with van der Waals surface area (Å²) in [5.41, 5.74) is 0.252. The molecule has 2 aromatic heterocycles. The van der Waals surface area contributed by atoms with Gasteiger partial charge in [-0.15, -0.1) is 5.10 Å². The highest BCUT2D eigenvalue weighted by atomic mass is 19.1. The first-order valence-corrected chi connectivity index (χ1v) is 9.05. The molecule has 2 aromatic carbocycles. The lowest BCUT2D eigenvalue weighted by atomic mass is 10.3. The number of carbonyl (C=O) groups is 1. The van der Waals surface area contributed by atoms with Crippen molar-refractivity contribution in [2.24, 2.45) is 0 Å². The quantitative estimate of drug-likeness (QED) is 0.491. The van der Waals surface area contributed by atoms with Gasteiger partial charge in [-0.25, -0.2) is 22.7 Å². The molecule has 0 aliphatic heterocycles. The van der Waals surface area contributed by atoms with Crippen LogP contribution < -0.4 is 21.1 Å². The maximum Gasteiger partial charge on any atom is 0.352 e. The third-order valence-electron chi connectivity index (χ3n) is 4.30. The van der Waals surface area contributed by atoms with Crippen molar-refractivity contribution in [3.8, 4) is 5.75 Å². The third kappa shape index (κ3) is 4.34. The van der Waals surface area contributed by atoms with Crippen molar-refractivity contribution in [2.75, 3.05) is 17.7 Å². The molecule has 0 fully saturated rings. The highest BCUT2D eigenvalue weighted by molar-refractivity contribution is 5.90. The molecule has 4 aromatic rings. The van der Waals surface area contributed by atoms with Gasteiger partial charge < -0.3 is 15.4 Å². The van der Waals surface area contributed by atoms with Crippen LogP contribution in [-0.2, 0) is 11.3 Å². The zero-order valence-electron chi connectivity index (χ0n) is 16.2. The Kier molecular flexibility index (Phi) is 5.31. The minimum Gasteiger partial charge on any atom is -0.494 e. The van der Waals surface area contributed by atoms with Gasteiger partial charge in [0.15, 0.2) is 11.6 Å². The second kappa shape index (κ2) is 8.22. The Morgan fingerprint density at radius 3 is 2.55 bits per heavy atom. The van der Waals surface area contributed by atoms with Crippen LogP contribution in [-0.4, -0.2) is 32.2 Å². The van der Waals surface area contributed by atoms with E-state index >= 15 is 0 Å². The molecule has 9 nitrogen and oxygen atoms in total. The number of carbonyl (C=O) groups excluding carboxylic acids is 1. The molecular formula is C20H16F2N6O3. The van der Waals surface area contributed by atoms with E-state index in [2.05, 4.69) is 20.7 Å². The smallest absolute Gasteiger partial charge is 0.352 e. The van der Waals surface area contributed by atoms with Crippen LogP contribution >= 0.6 is 0 Å². The van der Waals surface area contributed by atoms with Gasteiger partial charge in [0, 0.05) is 23.6 Å². The molecular weight excluding hydrogens is 410 g/mol. The number of ether oxygens (including phenoxy) is 1. The van der Waals surface area contributed by atoms with Crippen LogP contribution in [0.5, 0.6) is 5.75 Å². The number of nitrogens with one attached hydrogen (secondary N) is 2. The summed E-state index contributed by atoms with van der Waals surface area (Å²) in [6.45, 7) is -0.392. The zero-order valence-corrected chi connectivity index (χ0v) is 16.2. The summed E-state index contributed by atoms with van der Waals surface area (Å²) in [6, 6.07) is 11.2. The molecule has 2 heterocycles. The van der Waals surface area contributed by atoms with Crippen molar-refractivity contribution in [3.05, 3.63) is 76.8 Å². The first kappa shape index (κ1) is 20.0. The van der Waals surface area contributed by atoms with Crippen molar-refractivity contribution in [1.29, 1.82) is 0 Å². The third-order valence-corrected chi connectivity index (χ3v) is 4.30. The second-order valence-electron chi connectivity index (χ2n) is 6.45. The van der Waals surface area contributed by atoms with Gasteiger partial charge in [0.1, 0.15) is 18.2 Å². The predicted octanol–water partition coefficient (Wildman–Crippen LogP) is 2.56. The number of nitrogens with zero attached hydrogens (tertiary/aromatic N) is 4. The lowest BCUT2D eigenvalue weighted by molar-refractivity contribution is -0.117. The first-order chi connectivity index (χ1) is 14.9. The topological polar surface area (TPSA) is 103 Å². The van der Waals surface area contributed by atoms with E-state index in [9.17, 15) is 18.4 Å². The second-order valence-corrected chi connectivity index (χ2v) is 6.45. The molecule has 0 spiro atoms. The van der Waals surface area contributed by atoms with E-state index in [4.69, 9.17) is 4.74 Å². The van der Waals surface area contributed by atoms with Crippen LogP contribution in [0.15, 0.2) is 59.5 Å². The number of anilines is 3. The summed E-state index contributed by atoms with van der Waals surface area (Å²) < 4.78 is 33.7. The molecule has 2 N–H and O–H groups in total. The summed E-state index contributed by atoms with van der Waals surface area (Å²) in [5.74, 6) is -1.06. The molecule has 4 rings (SSSR count). The Hall–Kier alpha value is -4.28. The zero-order chi connectivity index (χ0) is 22.0. The molecule has 11 heteroatoms. The van der Waals surface area contributed by atoms with Gasteiger partial charge in [0.2, 0.25) is 5.91 Å². The fourth-order valence-corrected chi connectivity index (χ4v) is 2.84. The molecule has 158 valence electrons. The number of hydrogen-bond donors (Lipinski definition) is 2. The first-order valence-electron chi connectivity index (χ1n) is 9.05. The SMILES string of the molecule is COc1ccc(NC(=O)Cn2nc3nc(Nc4ccc(F)cc4)ccn3c2=O)cc1F. The number of methoxy groups -OCH3 is 1.